The first-order valence-electron chi connectivity index (χ1n) is 6.99. The highest BCUT2D eigenvalue weighted by Crippen LogP contribution is 2.27. The number of hydrogen-bond donors (Lipinski definition) is 1. The van der Waals surface area contributed by atoms with E-state index >= 15 is 0 Å². The van der Waals surface area contributed by atoms with E-state index in [1.807, 2.05) is 25.3 Å². The molecule has 1 saturated heterocycles. The Morgan fingerprint density at radius 1 is 1.42 bits per heavy atom. The molecule has 1 N–H and O–H groups in total. The van der Waals surface area contributed by atoms with Crippen LogP contribution in [0.25, 0.3) is 10.9 Å². The lowest BCUT2D eigenvalue weighted by molar-refractivity contribution is 0.0435. The van der Waals surface area contributed by atoms with Gasteiger partial charge >= 0.3 is 0 Å². The number of nitrogens with one attached hydrogen (secondary N) is 1. The van der Waals surface area contributed by atoms with E-state index in [4.69, 9.17) is 4.74 Å². The van der Waals surface area contributed by atoms with E-state index in [0.29, 0.717) is 0 Å². The van der Waals surface area contributed by atoms with Crippen LogP contribution < -0.4 is 0 Å². The molecule has 3 rings (SSSR count). The maximum Gasteiger partial charge on any atom is 0.193 e. The maximum absolute atomic E-state index is 12.5. The lowest BCUT2D eigenvalue weighted by atomic mass is 10.0. The molecule has 1 aliphatic heterocycles. The molecular weight excluding hydrogens is 238 g/mol. The van der Waals surface area contributed by atoms with E-state index < -0.39 is 0 Å². The Labute approximate surface area is 113 Å². The van der Waals surface area contributed by atoms with Gasteiger partial charge in [-0.25, -0.2) is 0 Å². The van der Waals surface area contributed by atoms with Crippen molar-refractivity contribution < 1.29 is 9.53 Å². The lowest BCUT2D eigenvalue weighted by Gasteiger charge is -2.09. The van der Waals surface area contributed by atoms with E-state index in [0.717, 1.165) is 35.7 Å². The molecule has 2 unspecified atom stereocenters. The van der Waals surface area contributed by atoms with Gasteiger partial charge in [0.05, 0.1) is 6.10 Å². The van der Waals surface area contributed by atoms with Gasteiger partial charge in [-0.05, 0) is 31.7 Å². The average molecular weight is 257 g/mol. The van der Waals surface area contributed by atoms with Gasteiger partial charge in [0.1, 0.15) is 6.10 Å². The molecule has 100 valence electrons. The van der Waals surface area contributed by atoms with Crippen molar-refractivity contribution in [3.05, 3.63) is 35.5 Å². The molecule has 2 aromatic rings. The van der Waals surface area contributed by atoms with Crippen molar-refractivity contribution in [3.63, 3.8) is 0 Å². The highest BCUT2D eigenvalue weighted by atomic mass is 16.5. The molecule has 2 heterocycles. The number of ketones is 1. The number of hydrogen-bond acceptors (Lipinski definition) is 2. The largest absolute Gasteiger partial charge is 0.367 e. The van der Waals surface area contributed by atoms with Crippen molar-refractivity contribution in [3.8, 4) is 0 Å². The molecule has 1 aromatic carbocycles. The predicted octanol–water partition coefficient (Wildman–Crippen LogP) is 3.48. The Bertz CT molecular complexity index is 614. The third kappa shape index (κ3) is 2.08. The number of H-pyrrole nitrogens is 1. The molecule has 3 heteroatoms. The second-order valence-electron chi connectivity index (χ2n) is 5.27. The van der Waals surface area contributed by atoms with Gasteiger partial charge in [0, 0.05) is 22.7 Å². The minimum Gasteiger partial charge on any atom is -0.367 e. The number of ether oxygens (including phenoxy) is 1. The van der Waals surface area contributed by atoms with Crippen molar-refractivity contribution >= 4 is 16.7 Å². The molecule has 2 atom stereocenters. The molecule has 1 fully saturated rings. The zero-order valence-electron chi connectivity index (χ0n) is 11.4. The summed E-state index contributed by atoms with van der Waals surface area (Å²) >= 11 is 0. The monoisotopic (exact) mass is 257 g/mol. The van der Waals surface area contributed by atoms with Crippen molar-refractivity contribution in [1.82, 2.24) is 4.98 Å². The molecule has 0 bridgehead atoms. The third-order valence-corrected chi connectivity index (χ3v) is 3.97. The Morgan fingerprint density at radius 3 is 2.95 bits per heavy atom. The van der Waals surface area contributed by atoms with Crippen LogP contribution in [-0.4, -0.2) is 23.0 Å². The van der Waals surface area contributed by atoms with Crippen LogP contribution in [0, 0.1) is 0 Å². The number of fused-ring (bicyclic) bond motifs is 1. The van der Waals surface area contributed by atoms with E-state index in [2.05, 4.69) is 18.0 Å². The summed E-state index contributed by atoms with van der Waals surface area (Å²) in [6.45, 7) is 4.15. The van der Waals surface area contributed by atoms with E-state index in [-0.39, 0.29) is 18.0 Å². The molecule has 1 aliphatic rings. The van der Waals surface area contributed by atoms with Crippen LogP contribution in [0.2, 0.25) is 0 Å². The van der Waals surface area contributed by atoms with Crippen molar-refractivity contribution in [1.29, 1.82) is 0 Å². The van der Waals surface area contributed by atoms with E-state index in [9.17, 15) is 4.79 Å². The SMILES string of the molecule is CCc1cccc2c(C(=O)C3CCC(C)O3)c[nH]c12. The minimum atomic E-state index is -0.265. The van der Waals surface area contributed by atoms with Gasteiger partial charge in [-0.15, -0.1) is 0 Å². The van der Waals surface area contributed by atoms with Gasteiger partial charge in [-0.3, -0.25) is 4.79 Å². The quantitative estimate of drug-likeness (QED) is 0.855. The summed E-state index contributed by atoms with van der Waals surface area (Å²) < 4.78 is 5.69. The summed E-state index contributed by atoms with van der Waals surface area (Å²) in [7, 11) is 0. The number of aromatic amines is 1. The summed E-state index contributed by atoms with van der Waals surface area (Å²) in [5.41, 5.74) is 3.10. The number of rotatable bonds is 3. The van der Waals surface area contributed by atoms with Crippen LogP contribution in [0.3, 0.4) is 0 Å². The fraction of sp³-hybridized carbons (Fsp3) is 0.438. The second-order valence-corrected chi connectivity index (χ2v) is 5.27. The van der Waals surface area contributed by atoms with Crippen LogP contribution in [0.4, 0.5) is 0 Å². The van der Waals surface area contributed by atoms with E-state index in [1.54, 1.807) is 0 Å². The van der Waals surface area contributed by atoms with Gasteiger partial charge in [0.15, 0.2) is 5.78 Å². The maximum atomic E-state index is 12.5. The Balaban J connectivity index is 1.99. The van der Waals surface area contributed by atoms with Crippen molar-refractivity contribution in [2.75, 3.05) is 0 Å². The predicted molar refractivity (Wildman–Crippen MR) is 75.6 cm³/mol. The Morgan fingerprint density at radius 2 is 2.26 bits per heavy atom. The fourth-order valence-corrected chi connectivity index (χ4v) is 2.88. The molecule has 3 nitrogen and oxygen atoms in total. The molecule has 0 spiro atoms. The standard InChI is InChI=1S/C16H19NO2/c1-3-11-5-4-6-12-13(9-17-15(11)12)16(18)14-8-7-10(2)19-14/h4-6,9-10,14,17H,3,7-8H2,1-2H3. The van der Waals surface area contributed by atoms with Crippen LogP contribution in [0.5, 0.6) is 0 Å². The third-order valence-electron chi connectivity index (χ3n) is 3.97. The fourth-order valence-electron chi connectivity index (χ4n) is 2.88. The van der Waals surface area contributed by atoms with Crippen molar-refractivity contribution in [2.45, 2.75) is 45.3 Å². The summed E-state index contributed by atoms with van der Waals surface area (Å²) in [4.78, 5) is 15.8. The minimum absolute atomic E-state index is 0.115. The smallest absolute Gasteiger partial charge is 0.193 e. The number of para-hydroxylation sites is 1. The Hall–Kier alpha value is -1.61. The zero-order valence-corrected chi connectivity index (χ0v) is 11.4. The summed E-state index contributed by atoms with van der Waals surface area (Å²) in [5, 5.41) is 1.02. The van der Waals surface area contributed by atoms with Gasteiger partial charge in [-0.1, -0.05) is 25.1 Å². The summed E-state index contributed by atoms with van der Waals surface area (Å²) in [6, 6.07) is 6.13. The molecule has 0 radical (unpaired) electrons. The summed E-state index contributed by atoms with van der Waals surface area (Å²) in [6.07, 6.45) is 4.53. The molecule has 0 amide bonds. The first-order valence-corrected chi connectivity index (χ1v) is 6.99. The Kier molecular flexibility index (Phi) is 3.15. The highest BCUT2D eigenvalue weighted by molar-refractivity contribution is 6.10. The molecular formula is C16H19NO2. The molecule has 1 aromatic heterocycles. The van der Waals surface area contributed by atoms with Crippen LogP contribution >= 0.6 is 0 Å². The first-order chi connectivity index (χ1) is 9.20. The number of carbonyl (C=O) groups excluding carboxylic acids is 1. The second kappa shape index (κ2) is 4.82. The van der Waals surface area contributed by atoms with Gasteiger partial charge in [0.25, 0.3) is 0 Å². The number of carbonyl (C=O) groups is 1. The zero-order chi connectivity index (χ0) is 13.4. The van der Waals surface area contributed by atoms with Gasteiger partial charge in [0.2, 0.25) is 0 Å². The molecule has 19 heavy (non-hydrogen) atoms. The number of aryl methyl sites for hydroxylation is 1. The lowest BCUT2D eigenvalue weighted by Crippen LogP contribution is -2.20. The normalized spacial score (nSPS) is 23.1. The van der Waals surface area contributed by atoms with Gasteiger partial charge < -0.3 is 9.72 Å². The highest BCUT2D eigenvalue weighted by Gasteiger charge is 2.30. The van der Waals surface area contributed by atoms with Crippen LogP contribution in [-0.2, 0) is 11.2 Å². The number of aromatic nitrogens is 1. The summed E-state index contributed by atoms with van der Waals surface area (Å²) in [5.74, 6) is 0.115. The number of benzene rings is 1. The van der Waals surface area contributed by atoms with Crippen LogP contribution in [0.15, 0.2) is 24.4 Å². The number of Topliss-reactive ketones (excluding diaryl/α,β-unsaturated/α-hetero) is 1. The van der Waals surface area contributed by atoms with Gasteiger partial charge in [-0.2, -0.15) is 0 Å². The van der Waals surface area contributed by atoms with E-state index in [1.165, 1.54) is 5.56 Å². The molecule has 0 saturated carbocycles. The first kappa shape index (κ1) is 12.4. The average Bonchev–Trinajstić information content (AvgIpc) is 3.03. The molecule has 0 aliphatic carbocycles. The topological polar surface area (TPSA) is 42.1 Å². The van der Waals surface area contributed by atoms with Crippen molar-refractivity contribution in [2.24, 2.45) is 0 Å². The van der Waals surface area contributed by atoms with Crippen LogP contribution in [0.1, 0.15) is 42.6 Å².